The molecule has 2 aliphatic heterocycles. The summed E-state index contributed by atoms with van der Waals surface area (Å²) in [5, 5.41) is 6.35. The molecule has 0 aliphatic carbocycles. The third-order valence-electron chi connectivity index (χ3n) is 3.66. The van der Waals surface area contributed by atoms with Gasteiger partial charge in [0.05, 0.1) is 5.69 Å². The lowest BCUT2D eigenvalue weighted by Crippen LogP contribution is -2.52. The Bertz CT molecular complexity index is 478. The fraction of sp³-hybridized carbons (Fsp3) is 0.500. The van der Waals surface area contributed by atoms with Crippen LogP contribution in [0.3, 0.4) is 0 Å². The van der Waals surface area contributed by atoms with E-state index in [1.54, 1.807) is 0 Å². The molecule has 0 aromatic heterocycles. The molecule has 2 heterocycles. The predicted octanol–water partition coefficient (Wildman–Crippen LogP) is 0.680. The fourth-order valence-corrected chi connectivity index (χ4v) is 2.66. The summed E-state index contributed by atoms with van der Waals surface area (Å²) in [7, 11) is 2.10. The van der Waals surface area contributed by atoms with E-state index >= 15 is 0 Å². The number of benzene rings is 1. The Balaban J connectivity index is 1.67. The molecule has 1 saturated heterocycles. The standard InChI is InChI=1S/C14H19N3O2/c1-17-7-6-15-10(9-17)8-13-14(18)16-11-4-2-3-5-12(11)19-13/h2-5,10,13,15H,6-9H2,1H3,(H,16,18). The molecule has 2 N–H and O–H groups in total. The Morgan fingerprint density at radius 2 is 2.26 bits per heavy atom. The van der Waals surface area contributed by atoms with Gasteiger partial charge in [0.1, 0.15) is 5.75 Å². The lowest BCUT2D eigenvalue weighted by Gasteiger charge is -2.34. The molecule has 5 nitrogen and oxygen atoms in total. The number of hydrogen-bond donors (Lipinski definition) is 2. The first-order chi connectivity index (χ1) is 9.22. The third kappa shape index (κ3) is 2.72. The molecule has 3 rings (SSSR count). The van der Waals surface area contributed by atoms with Crippen LogP contribution in [-0.4, -0.2) is 49.6 Å². The summed E-state index contributed by atoms with van der Waals surface area (Å²) in [6.07, 6.45) is 0.295. The van der Waals surface area contributed by atoms with Crippen LogP contribution < -0.4 is 15.4 Å². The molecule has 19 heavy (non-hydrogen) atoms. The molecule has 1 aromatic rings. The van der Waals surface area contributed by atoms with Crippen molar-refractivity contribution in [2.24, 2.45) is 0 Å². The second-order valence-electron chi connectivity index (χ2n) is 5.24. The zero-order valence-electron chi connectivity index (χ0n) is 11.1. The number of para-hydroxylation sites is 2. The highest BCUT2D eigenvalue weighted by molar-refractivity contribution is 5.97. The van der Waals surface area contributed by atoms with Crippen molar-refractivity contribution in [3.8, 4) is 5.75 Å². The molecular weight excluding hydrogens is 242 g/mol. The Morgan fingerprint density at radius 1 is 1.42 bits per heavy atom. The van der Waals surface area contributed by atoms with E-state index in [4.69, 9.17) is 4.74 Å². The van der Waals surface area contributed by atoms with E-state index in [2.05, 4.69) is 22.6 Å². The molecule has 1 aromatic carbocycles. The minimum absolute atomic E-state index is 0.0475. The lowest BCUT2D eigenvalue weighted by molar-refractivity contribution is -0.124. The molecule has 2 aliphatic rings. The van der Waals surface area contributed by atoms with E-state index < -0.39 is 6.10 Å². The number of ether oxygens (including phenoxy) is 1. The summed E-state index contributed by atoms with van der Waals surface area (Å²) in [4.78, 5) is 14.3. The van der Waals surface area contributed by atoms with Gasteiger partial charge in [-0.25, -0.2) is 0 Å². The minimum atomic E-state index is -0.404. The zero-order chi connectivity index (χ0) is 13.2. The average molecular weight is 261 g/mol. The van der Waals surface area contributed by atoms with Gasteiger partial charge in [-0.2, -0.15) is 0 Å². The highest BCUT2D eigenvalue weighted by atomic mass is 16.5. The van der Waals surface area contributed by atoms with Gasteiger partial charge in [-0.3, -0.25) is 4.79 Å². The number of likely N-dealkylation sites (N-methyl/N-ethyl adjacent to an activating group) is 1. The number of nitrogens with one attached hydrogen (secondary N) is 2. The molecule has 1 fully saturated rings. The maximum Gasteiger partial charge on any atom is 0.265 e. The van der Waals surface area contributed by atoms with Crippen LogP contribution in [0.1, 0.15) is 6.42 Å². The van der Waals surface area contributed by atoms with Crippen molar-refractivity contribution in [2.45, 2.75) is 18.6 Å². The summed E-state index contributed by atoms with van der Waals surface area (Å²) in [6, 6.07) is 7.86. The van der Waals surface area contributed by atoms with Crippen LogP contribution in [-0.2, 0) is 4.79 Å². The molecular formula is C14H19N3O2. The van der Waals surface area contributed by atoms with Crippen molar-refractivity contribution in [2.75, 3.05) is 32.0 Å². The molecule has 2 unspecified atom stereocenters. The Hall–Kier alpha value is -1.59. The normalized spacial score (nSPS) is 27.3. The Labute approximate surface area is 112 Å². The highest BCUT2D eigenvalue weighted by Gasteiger charge is 2.31. The van der Waals surface area contributed by atoms with E-state index in [9.17, 15) is 4.79 Å². The maximum atomic E-state index is 12.0. The summed E-state index contributed by atoms with van der Waals surface area (Å²) >= 11 is 0. The predicted molar refractivity (Wildman–Crippen MR) is 73.4 cm³/mol. The van der Waals surface area contributed by atoms with E-state index in [1.165, 1.54) is 0 Å². The Kier molecular flexibility index (Phi) is 3.40. The topological polar surface area (TPSA) is 53.6 Å². The molecule has 0 saturated carbocycles. The zero-order valence-corrected chi connectivity index (χ0v) is 11.1. The smallest absolute Gasteiger partial charge is 0.265 e. The van der Waals surface area contributed by atoms with Crippen molar-refractivity contribution >= 4 is 11.6 Å². The first-order valence-corrected chi connectivity index (χ1v) is 6.71. The van der Waals surface area contributed by atoms with Gasteiger partial charge < -0.3 is 20.3 Å². The number of anilines is 1. The van der Waals surface area contributed by atoms with Crippen molar-refractivity contribution in [1.29, 1.82) is 0 Å². The molecule has 2 atom stereocenters. The number of carbonyl (C=O) groups is 1. The summed E-state index contributed by atoms with van der Waals surface area (Å²) in [5.41, 5.74) is 0.762. The van der Waals surface area contributed by atoms with Crippen molar-refractivity contribution in [3.63, 3.8) is 0 Å². The Morgan fingerprint density at radius 3 is 3.11 bits per heavy atom. The fourth-order valence-electron chi connectivity index (χ4n) is 2.66. The van der Waals surface area contributed by atoms with E-state index in [1.807, 2.05) is 24.3 Å². The van der Waals surface area contributed by atoms with Crippen molar-refractivity contribution < 1.29 is 9.53 Å². The lowest BCUT2D eigenvalue weighted by atomic mass is 10.0. The number of carbonyl (C=O) groups excluding carboxylic acids is 1. The van der Waals surface area contributed by atoms with Crippen LogP contribution in [0.25, 0.3) is 0 Å². The van der Waals surface area contributed by atoms with Crippen LogP contribution in [0.15, 0.2) is 24.3 Å². The van der Waals surface area contributed by atoms with E-state index in [0.717, 1.165) is 31.1 Å². The SMILES string of the molecule is CN1CCNC(CC2Oc3ccccc3NC2=O)C1. The van der Waals surface area contributed by atoms with Gasteiger partial charge in [0.2, 0.25) is 0 Å². The van der Waals surface area contributed by atoms with Gasteiger partial charge in [-0.1, -0.05) is 12.1 Å². The van der Waals surface area contributed by atoms with Gasteiger partial charge >= 0.3 is 0 Å². The monoisotopic (exact) mass is 261 g/mol. The minimum Gasteiger partial charge on any atom is -0.478 e. The third-order valence-corrected chi connectivity index (χ3v) is 3.66. The molecule has 5 heteroatoms. The first kappa shape index (κ1) is 12.4. The van der Waals surface area contributed by atoms with Crippen LogP contribution in [0.2, 0.25) is 0 Å². The van der Waals surface area contributed by atoms with Gasteiger partial charge in [0.25, 0.3) is 5.91 Å². The first-order valence-electron chi connectivity index (χ1n) is 6.71. The molecule has 1 amide bonds. The number of nitrogens with zero attached hydrogens (tertiary/aromatic N) is 1. The number of piperazine rings is 1. The summed E-state index contributed by atoms with van der Waals surface area (Å²) < 4.78 is 5.81. The van der Waals surface area contributed by atoms with Gasteiger partial charge in [-0.15, -0.1) is 0 Å². The number of fused-ring (bicyclic) bond motifs is 1. The molecule has 0 bridgehead atoms. The molecule has 102 valence electrons. The molecule has 0 radical (unpaired) electrons. The van der Waals surface area contributed by atoms with E-state index in [-0.39, 0.29) is 5.91 Å². The van der Waals surface area contributed by atoms with Crippen LogP contribution in [0, 0.1) is 0 Å². The number of hydrogen-bond acceptors (Lipinski definition) is 4. The second-order valence-corrected chi connectivity index (χ2v) is 5.24. The van der Waals surface area contributed by atoms with Gasteiger partial charge in [0.15, 0.2) is 6.10 Å². The quantitative estimate of drug-likeness (QED) is 0.822. The van der Waals surface area contributed by atoms with Gasteiger partial charge in [0, 0.05) is 32.1 Å². The summed E-state index contributed by atoms with van der Waals surface area (Å²) in [6.45, 7) is 2.97. The summed E-state index contributed by atoms with van der Waals surface area (Å²) in [5.74, 6) is 0.713. The van der Waals surface area contributed by atoms with Crippen LogP contribution in [0.4, 0.5) is 5.69 Å². The molecule has 0 spiro atoms. The highest BCUT2D eigenvalue weighted by Crippen LogP contribution is 2.30. The maximum absolute atomic E-state index is 12.0. The number of rotatable bonds is 2. The largest absolute Gasteiger partial charge is 0.478 e. The second kappa shape index (κ2) is 5.19. The van der Waals surface area contributed by atoms with Crippen LogP contribution in [0.5, 0.6) is 5.75 Å². The average Bonchev–Trinajstić information content (AvgIpc) is 2.40. The van der Waals surface area contributed by atoms with Gasteiger partial charge in [-0.05, 0) is 19.2 Å². The van der Waals surface area contributed by atoms with Crippen molar-refractivity contribution in [3.05, 3.63) is 24.3 Å². The van der Waals surface area contributed by atoms with Crippen molar-refractivity contribution in [1.82, 2.24) is 10.2 Å². The van der Waals surface area contributed by atoms with Crippen LogP contribution >= 0.6 is 0 Å². The van der Waals surface area contributed by atoms with E-state index in [0.29, 0.717) is 12.5 Å². The number of amides is 1.